The number of thiazole rings is 1. The number of aromatic carboxylic acids is 1. The number of carboxylic acid groups (broad SMARTS) is 1. The Morgan fingerprint density at radius 3 is 2.77 bits per heavy atom. The van der Waals surface area contributed by atoms with Gasteiger partial charge in [-0.25, -0.2) is 9.78 Å². The first-order valence-electron chi connectivity index (χ1n) is 9.56. The highest BCUT2D eigenvalue weighted by atomic mass is 32.1. The van der Waals surface area contributed by atoms with Gasteiger partial charge in [0.1, 0.15) is 11.0 Å². The fraction of sp³-hybridized carbons (Fsp3) is 0.381. The van der Waals surface area contributed by atoms with E-state index in [4.69, 9.17) is 5.11 Å². The number of aryl methyl sites for hydroxylation is 1. The molecule has 1 unspecified atom stereocenters. The minimum Gasteiger partial charge on any atom is -0.477 e. The van der Waals surface area contributed by atoms with Crippen molar-refractivity contribution in [3.8, 4) is 0 Å². The smallest absolute Gasteiger partial charge is 0.347 e. The summed E-state index contributed by atoms with van der Waals surface area (Å²) >= 11 is 1.10. The number of carbonyl (C=O) groups excluding carboxylic acids is 1. The lowest BCUT2D eigenvalue weighted by Crippen LogP contribution is -2.34. The zero-order valence-corrected chi connectivity index (χ0v) is 16.9. The first-order chi connectivity index (χ1) is 14.3. The van der Waals surface area contributed by atoms with Crippen molar-refractivity contribution in [2.24, 2.45) is 0 Å². The van der Waals surface area contributed by atoms with Crippen molar-refractivity contribution in [2.45, 2.75) is 43.8 Å². The Labute approximate surface area is 176 Å². The zero-order chi connectivity index (χ0) is 21.7. The fourth-order valence-electron chi connectivity index (χ4n) is 3.36. The van der Waals surface area contributed by atoms with Gasteiger partial charge >= 0.3 is 11.9 Å². The number of rotatable bonds is 9. The van der Waals surface area contributed by atoms with Crippen LogP contribution in [0.15, 0.2) is 48.7 Å². The molecule has 30 heavy (non-hydrogen) atoms. The van der Waals surface area contributed by atoms with Gasteiger partial charge in [0.25, 0.3) is 0 Å². The second-order valence-corrected chi connectivity index (χ2v) is 8.15. The molecule has 1 saturated heterocycles. The second-order valence-electron chi connectivity index (χ2n) is 7.04. The minimum atomic E-state index is -3.43. The first kappa shape index (κ1) is 22.0. The highest BCUT2D eigenvalue weighted by molar-refractivity contribution is 7.13. The Hall–Kier alpha value is -2.65. The van der Waals surface area contributed by atoms with Crippen LogP contribution in [0, 0.1) is 0 Å². The Morgan fingerprint density at radius 1 is 1.37 bits per heavy atom. The Morgan fingerprint density at radius 2 is 2.10 bits per heavy atom. The molecule has 1 aliphatic heterocycles. The van der Waals surface area contributed by atoms with Gasteiger partial charge < -0.3 is 15.1 Å². The van der Waals surface area contributed by atoms with E-state index in [-0.39, 0.29) is 22.4 Å². The standard InChI is InChI=1S/C21H22F2N2O4S/c22-21(23,14-5-2-1-3-6-14)17(26)10-8-15-9-11-19(27)25(15)12-4-7-18-24-13-16(30-18)20(28)29/h1-3,5-6,8,10,13,15,17,26H,4,7,9,11-12H2,(H,28,29)/b10-8+/t15-,17?/m0/s1. The van der Waals surface area contributed by atoms with Crippen molar-refractivity contribution >= 4 is 23.2 Å². The molecule has 0 saturated carbocycles. The number of hydrogen-bond donors (Lipinski definition) is 2. The summed E-state index contributed by atoms with van der Waals surface area (Å²) in [6.07, 6.45) is 3.75. The van der Waals surface area contributed by atoms with Gasteiger partial charge in [0.15, 0.2) is 0 Å². The van der Waals surface area contributed by atoms with Crippen LogP contribution in [0.1, 0.15) is 39.5 Å². The van der Waals surface area contributed by atoms with Crippen LogP contribution in [0.3, 0.4) is 0 Å². The molecule has 1 amide bonds. The fourth-order valence-corrected chi connectivity index (χ4v) is 4.16. The molecule has 3 rings (SSSR count). The van der Waals surface area contributed by atoms with Crippen LogP contribution in [-0.4, -0.2) is 50.7 Å². The molecule has 9 heteroatoms. The van der Waals surface area contributed by atoms with Crippen molar-refractivity contribution < 1.29 is 28.6 Å². The molecule has 2 aromatic rings. The molecule has 1 aromatic heterocycles. The summed E-state index contributed by atoms with van der Waals surface area (Å²) in [6.45, 7) is 0.404. The Kier molecular flexibility index (Phi) is 6.94. The van der Waals surface area contributed by atoms with Gasteiger partial charge in [0.2, 0.25) is 5.91 Å². The molecule has 160 valence electrons. The molecule has 1 aliphatic rings. The lowest BCUT2D eigenvalue weighted by molar-refractivity contribution is -0.128. The van der Waals surface area contributed by atoms with Gasteiger partial charge in [0.05, 0.1) is 17.2 Å². The van der Waals surface area contributed by atoms with Crippen molar-refractivity contribution in [1.29, 1.82) is 0 Å². The number of hydrogen-bond acceptors (Lipinski definition) is 5. The number of benzene rings is 1. The molecule has 0 spiro atoms. The van der Waals surface area contributed by atoms with Crippen LogP contribution in [-0.2, 0) is 17.1 Å². The highest BCUT2D eigenvalue weighted by Crippen LogP contribution is 2.32. The summed E-state index contributed by atoms with van der Waals surface area (Å²) in [5.74, 6) is -4.53. The van der Waals surface area contributed by atoms with E-state index in [2.05, 4.69) is 4.98 Å². The number of aliphatic hydroxyl groups is 1. The van der Waals surface area contributed by atoms with Gasteiger partial charge in [-0.2, -0.15) is 8.78 Å². The van der Waals surface area contributed by atoms with Crippen LogP contribution in [0.5, 0.6) is 0 Å². The molecular weight excluding hydrogens is 414 g/mol. The van der Waals surface area contributed by atoms with Crippen molar-refractivity contribution in [1.82, 2.24) is 9.88 Å². The quantitative estimate of drug-likeness (QED) is 0.588. The molecule has 0 radical (unpaired) electrons. The molecular formula is C21H22F2N2O4S. The number of halogens is 2. The van der Waals surface area contributed by atoms with Gasteiger partial charge in [-0.05, 0) is 12.8 Å². The van der Waals surface area contributed by atoms with Crippen LogP contribution in [0.4, 0.5) is 8.78 Å². The van der Waals surface area contributed by atoms with E-state index in [1.807, 2.05) is 0 Å². The number of amides is 1. The molecule has 0 bridgehead atoms. The number of carbonyl (C=O) groups is 2. The molecule has 6 nitrogen and oxygen atoms in total. The van der Waals surface area contributed by atoms with E-state index in [0.717, 1.165) is 17.4 Å². The predicted octanol–water partition coefficient (Wildman–Crippen LogP) is 3.47. The number of likely N-dealkylation sites (tertiary alicyclic amines) is 1. The molecule has 0 aliphatic carbocycles. The van der Waals surface area contributed by atoms with E-state index >= 15 is 0 Å². The van der Waals surface area contributed by atoms with Gasteiger partial charge in [0, 0.05) is 24.9 Å². The molecule has 1 fully saturated rings. The summed E-state index contributed by atoms with van der Waals surface area (Å²) in [6, 6.07) is 6.76. The van der Waals surface area contributed by atoms with Crippen molar-refractivity contribution in [2.75, 3.05) is 6.54 Å². The van der Waals surface area contributed by atoms with Crippen molar-refractivity contribution in [3.05, 3.63) is 64.1 Å². The van der Waals surface area contributed by atoms with E-state index in [1.54, 1.807) is 11.0 Å². The number of alkyl halides is 2. The third kappa shape index (κ3) is 5.09. The predicted molar refractivity (Wildman–Crippen MR) is 108 cm³/mol. The topological polar surface area (TPSA) is 90.7 Å². The van der Waals surface area contributed by atoms with Gasteiger partial charge in [-0.15, -0.1) is 11.3 Å². The Bertz CT molecular complexity index is 917. The monoisotopic (exact) mass is 436 g/mol. The molecule has 2 N–H and O–H groups in total. The van der Waals surface area contributed by atoms with Gasteiger partial charge in [-0.3, -0.25) is 4.79 Å². The normalized spacial score (nSPS) is 18.3. The third-order valence-electron chi connectivity index (χ3n) is 4.97. The van der Waals surface area contributed by atoms with Crippen molar-refractivity contribution in [3.63, 3.8) is 0 Å². The van der Waals surface area contributed by atoms with E-state index in [0.29, 0.717) is 37.2 Å². The summed E-state index contributed by atoms with van der Waals surface area (Å²) in [7, 11) is 0. The van der Waals surface area contributed by atoms with Gasteiger partial charge in [-0.1, -0.05) is 42.5 Å². The van der Waals surface area contributed by atoms with E-state index < -0.39 is 18.0 Å². The number of aliphatic hydroxyl groups excluding tert-OH is 1. The average molecular weight is 436 g/mol. The maximum atomic E-state index is 14.4. The Balaban J connectivity index is 1.58. The summed E-state index contributed by atoms with van der Waals surface area (Å²) < 4.78 is 28.8. The van der Waals surface area contributed by atoms with E-state index in [1.165, 1.54) is 36.5 Å². The second kappa shape index (κ2) is 9.44. The van der Waals surface area contributed by atoms with Crippen LogP contribution in [0.2, 0.25) is 0 Å². The summed E-state index contributed by atoms with van der Waals surface area (Å²) in [5, 5.41) is 19.6. The third-order valence-corrected chi connectivity index (χ3v) is 6.02. The molecule has 2 heterocycles. The lowest BCUT2D eigenvalue weighted by atomic mass is 10.0. The highest BCUT2D eigenvalue weighted by Gasteiger charge is 2.39. The van der Waals surface area contributed by atoms with Crippen LogP contribution < -0.4 is 0 Å². The maximum absolute atomic E-state index is 14.4. The summed E-state index contributed by atoms with van der Waals surface area (Å²) in [4.78, 5) is 28.9. The van der Waals surface area contributed by atoms with Crippen LogP contribution >= 0.6 is 11.3 Å². The zero-order valence-electron chi connectivity index (χ0n) is 16.1. The largest absolute Gasteiger partial charge is 0.477 e. The first-order valence-corrected chi connectivity index (χ1v) is 10.4. The van der Waals surface area contributed by atoms with Crippen LogP contribution in [0.25, 0.3) is 0 Å². The number of nitrogens with zero attached hydrogens (tertiary/aromatic N) is 2. The number of aromatic nitrogens is 1. The summed E-state index contributed by atoms with van der Waals surface area (Å²) in [5.41, 5.74) is -0.273. The maximum Gasteiger partial charge on any atom is 0.347 e. The lowest BCUT2D eigenvalue weighted by Gasteiger charge is -2.24. The molecule has 1 aromatic carbocycles. The minimum absolute atomic E-state index is 0.0701. The number of carboxylic acids is 1. The van der Waals surface area contributed by atoms with E-state index in [9.17, 15) is 23.5 Å². The molecule has 2 atom stereocenters. The average Bonchev–Trinajstić information content (AvgIpc) is 3.34. The SMILES string of the molecule is O=C(O)c1cnc(CCCN2C(=O)CC[C@@H]2/C=C/C(O)C(F)(F)c2ccccc2)s1.